The van der Waals surface area contributed by atoms with Crippen LogP contribution in [0.5, 0.6) is 11.5 Å². The molecular weight excluding hydrogens is 380 g/mol. The lowest BCUT2D eigenvalue weighted by atomic mass is 10.2. The first kappa shape index (κ1) is 19.6. The van der Waals surface area contributed by atoms with Gasteiger partial charge in [0.2, 0.25) is 5.91 Å². The van der Waals surface area contributed by atoms with E-state index in [2.05, 4.69) is 20.5 Å². The minimum absolute atomic E-state index is 0.0789. The Hall–Kier alpha value is -3.20. The Balaban J connectivity index is 1.68. The highest BCUT2D eigenvalue weighted by atomic mass is 32.1. The van der Waals surface area contributed by atoms with E-state index in [1.165, 1.54) is 17.6 Å². The highest BCUT2D eigenvalue weighted by molar-refractivity contribution is 7.18. The summed E-state index contributed by atoms with van der Waals surface area (Å²) in [4.78, 5) is 33.1. The number of thiophene rings is 1. The van der Waals surface area contributed by atoms with Gasteiger partial charge in [0.25, 0.3) is 5.56 Å². The van der Waals surface area contributed by atoms with Crippen LogP contribution in [0, 0.1) is 13.8 Å². The molecular formula is C19H20N4O4S. The monoisotopic (exact) mass is 400 g/mol. The molecule has 146 valence electrons. The number of nitrogens with zero attached hydrogens (tertiary/aromatic N) is 2. The van der Waals surface area contributed by atoms with Gasteiger partial charge >= 0.3 is 0 Å². The van der Waals surface area contributed by atoms with Crippen LogP contribution in [0.4, 0.5) is 0 Å². The van der Waals surface area contributed by atoms with E-state index in [0.717, 1.165) is 16.0 Å². The van der Waals surface area contributed by atoms with E-state index in [0.29, 0.717) is 27.5 Å². The van der Waals surface area contributed by atoms with Gasteiger partial charge in [0, 0.05) is 4.88 Å². The first-order valence-corrected chi connectivity index (χ1v) is 9.27. The molecule has 8 nitrogen and oxygen atoms in total. The summed E-state index contributed by atoms with van der Waals surface area (Å²) in [5.74, 6) is 1.09. The largest absolute Gasteiger partial charge is 0.493 e. The zero-order valence-electron chi connectivity index (χ0n) is 16.0. The highest BCUT2D eigenvalue weighted by Gasteiger charge is 2.13. The number of ether oxygens (including phenoxy) is 2. The normalized spacial score (nSPS) is 11.1. The summed E-state index contributed by atoms with van der Waals surface area (Å²) >= 11 is 1.44. The van der Waals surface area contributed by atoms with Crippen molar-refractivity contribution in [3.8, 4) is 11.5 Å². The number of H-pyrrole nitrogens is 1. The molecule has 0 spiro atoms. The van der Waals surface area contributed by atoms with Crippen LogP contribution in [0.25, 0.3) is 10.2 Å². The fraction of sp³-hybridized carbons (Fsp3) is 0.263. The van der Waals surface area contributed by atoms with Crippen LogP contribution in [0.3, 0.4) is 0 Å². The second kappa shape index (κ2) is 8.22. The Morgan fingerprint density at radius 1 is 1.29 bits per heavy atom. The van der Waals surface area contributed by atoms with Crippen molar-refractivity contribution < 1.29 is 14.3 Å². The van der Waals surface area contributed by atoms with E-state index >= 15 is 0 Å². The number of amides is 1. The van der Waals surface area contributed by atoms with Gasteiger partial charge in [0.05, 0.1) is 32.2 Å². The number of fused-ring (bicyclic) bond motifs is 1. The number of benzene rings is 1. The molecule has 0 aliphatic carbocycles. The van der Waals surface area contributed by atoms with Crippen molar-refractivity contribution in [3.63, 3.8) is 0 Å². The quantitative estimate of drug-likeness (QED) is 0.488. The molecule has 2 N–H and O–H groups in total. The molecule has 0 aliphatic heterocycles. The van der Waals surface area contributed by atoms with Crippen LogP contribution in [0.1, 0.15) is 21.8 Å². The number of carbonyl (C=O) groups is 1. The Morgan fingerprint density at radius 3 is 2.75 bits per heavy atom. The first-order chi connectivity index (χ1) is 13.4. The summed E-state index contributed by atoms with van der Waals surface area (Å²) in [5, 5.41) is 4.52. The van der Waals surface area contributed by atoms with E-state index in [-0.39, 0.29) is 17.9 Å². The molecule has 9 heteroatoms. The van der Waals surface area contributed by atoms with Gasteiger partial charge in [0.15, 0.2) is 11.5 Å². The molecule has 1 amide bonds. The molecule has 0 saturated carbocycles. The smallest absolute Gasteiger partial charge is 0.259 e. The van der Waals surface area contributed by atoms with Gasteiger partial charge in [0.1, 0.15) is 10.7 Å². The number of aromatic nitrogens is 2. The molecule has 3 aromatic rings. The minimum Gasteiger partial charge on any atom is -0.493 e. The SMILES string of the molecule is COc1ccc(/C=N/NC(=O)Cc2nc3sc(C)c(C)c3c(=O)[nH]2)cc1OC. The average Bonchev–Trinajstić information content (AvgIpc) is 2.95. The molecule has 2 heterocycles. The van der Waals surface area contributed by atoms with E-state index in [1.54, 1.807) is 32.4 Å². The highest BCUT2D eigenvalue weighted by Crippen LogP contribution is 2.27. The number of carbonyl (C=O) groups excluding carboxylic acids is 1. The van der Waals surface area contributed by atoms with Crippen LogP contribution in [0.15, 0.2) is 28.1 Å². The van der Waals surface area contributed by atoms with E-state index in [1.807, 2.05) is 13.8 Å². The van der Waals surface area contributed by atoms with Gasteiger partial charge in [-0.25, -0.2) is 10.4 Å². The van der Waals surface area contributed by atoms with Gasteiger partial charge in [-0.15, -0.1) is 11.3 Å². The third-order valence-corrected chi connectivity index (χ3v) is 5.33. The first-order valence-electron chi connectivity index (χ1n) is 8.45. The van der Waals surface area contributed by atoms with Crippen molar-refractivity contribution in [1.29, 1.82) is 0 Å². The molecule has 0 unspecified atom stereocenters. The number of hydrogen-bond acceptors (Lipinski definition) is 7. The number of hydrogen-bond donors (Lipinski definition) is 2. The van der Waals surface area contributed by atoms with Crippen LogP contribution >= 0.6 is 11.3 Å². The fourth-order valence-electron chi connectivity index (χ4n) is 2.69. The Kier molecular flexibility index (Phi) is 5.74. The maximum absolute atomic E-state index is 12.3. The molecule has 0 saturated heterocycles. The van der Waals surface area contributed by atoms with Crippen LogP contribution in [-0.2, 0) is 11.2 Å². The fourth-order valence-corrected chi connectivity index (χ4v) is 3.74. The number of aryl methyl sites for hydroxylation is 2. The van der Waals surface area contributed by atoms with Gasteiger partial charge < -0.3 is 14.5 Å². The van der Waals surface area contributed by atoms with Crippen molar-refractivity contribution in [1.82, 2.24) is 15.4 Å². The van der Waals surface area contributed by atoms with Gasteiger partial charge in [-0.05, 0) is 43.2 Å². The molecule has 0 fully saturated rings. The maximum atomic E-state index is 12.3. The summed E-state index contributed by atoms with van der Waals surface area (Å²) in [6.07, 6.45) is 1.41. The van der Waals surface area contributed by atoms with Gasteiger partial charge in [-0.1, -0.05) is 0 Å². The number of aromatic amines is 1. The predicted octanol–water partition coefficient (Wildman–Crippen LogP) is 2.31. The summed E-state index contributed by atoms with van der Waals surface area (Å²) in [6.45, 7) is 3.83. The molecule has 0 aliphatic rings. The number of methoxy groups -OCH3 is 2. The van der Waals surface area contributed by atoms with Crippen molar-refractivity contribution in [2.45, 2.75) is 20.3 Å². The van der Waals surface area contributed by atoms with Crippen LogP contribution in [0.2, 0.25) is 0 Å². The summed E-state index contributed by atoms with van der Waals surface area (Å²) in [5.41, 5.74) is 3.85. The molecule has 0 atom stereocenters. The average molecular weight is 400 g/mol. The summed E-state index contributed by atoms with van der Waals surface area (Å²) in [7, 11) is 3.10. The van der Waals surface area contributed by atoms with E-state index in [9.17, 15) is 9.59 Å². The summed E-state index contributed by atoms with van der Waals surface area (Å²) < 4.78 is 10.4. The molecule has 28 heavy (non-hydrogen) atoms. The number of rotatable bonds is 6. The minimum atomic E-state index is -0.385. The molecule has 1 aromatic carbocycles. The lowest BCUT2D eigenvalue weighted by Gasteiger charge is -2.07. The standard InChI is InChI=1S/C19H20N4O4S/c1-10-11(2)28-19-17(10)18(25)21-15(22-19)8-16(24)23-20-9-12-5-6-13(26-3)14(7-12)27-4/h5-7,9H,8H2,1-4H3,(H,23,24)(H,21,22,25)/b20-9+. The Morgan fingerprint density at radius 2 is 2.04 bits per heavy atom. The predicted molar refractivity (Wildman–Crippen MR) is 109 cm³/mol. The molecule has 0 bridgehead atoms. The number of hydrazone groups is 1. The maximum Gasteiger partial charge on any atom is 0.259 e. The van der Waals surface area contributed by atoms with E-state index in [4.69, 9.17) is 9.47 Å². The second-order valence-electron chi connectivity index (χ2n) is 6.06. The molecule has 2 aromatic heterocycles. The van der Waals surface area contributed by atoms with Crippen molar-refractivity contribution in [3.05, 3.63) is 50.4 Å². The third kappa shape index (κ3) is 4.04. The topological polar surface area (TPSA) is 106 Å². The van der Waals surface area contributed by atoms with Gasteiger partial charge in [-0.3, -0.25) is 9.59 Å². The number of nitrogens with one attached hydrogen (secondary N) is 2. The van der Waals surface area contributed by atoms with Crippen LogP contribution in [-0.4, -0.2) is 36.3 Å². The van der Waals surface area contributed by atoms with Crippen LogP contribution < -0.4 is 20.5 Å². The van der Waals surface area contributed by atoms with Crippen molar-refractivity contribution >= 4 is 33.7 Å². The van der Waals surface area contributed by atoms with Crippen molar-refractivity contribution in [2.24, 2.45) is 5.10 Å². The molecule has 0 radical (unpaired) electrons. The Labute approximate surface area is 165 Å². The zero-order valence-corrected chi connectivity index (χ0v) is 16.8. The zero-order chi connectivity index (χ0) is 20.3. The van der Waals surface area contributed by atoms with Gasteiger partial charge in [-0.2, -0.15) is 5.10 Å². The lowest BCUT2D eigenvalue weighted by Crippen LogP contribution is -2.23. The van der Waals surface area contributed by atoms with Crippen molar-refractivity contribution in [2.75, 3.05) is 14.2 Å². The lowest BCUT2D eigenvalue weighted by molar-refractivity contribution is -0.120. The Bertz CT molecular complexity index is 1120. The third-order valence-electron chi connectivity index (χ3n) is 4.23. The van der Waals surface area contributed by atoms with E-state index < -0.39 is 0 Å². The molecule has 3 rings (SSSR count). The summed E-state index contributed by atoms with van der Waals surface area (Å²) in [6, 6.07) is 5.27. The second-order valence-corrected chi connectivity index (χ2v) is 7.26.